The molecule has 104 valence electrons. The van der Waals surface area contributed by atoms with E-state index >= 15 is 0 Å². The zero-order valence-corrected chi connectivity index (χ0v) is 12.3. The second-order valence-corrected chi connectivity index (χ2v) is 5.05. The van der Waals surface area contributed by atoms with Crippen LogP contribution in [0.2, 0.25) is 0 Å². The van der Waals surface area contributed by atoms with Crippen molar-refractivity contribution in [3.8, 4) is 11.4 Å². The van der Waals surface area contributed by atoms with E-state index in [1.54, 1.807) is 12.3 Å². The molecule has 0 unspecified atom stereocenters. The molecule has 1 aromatic carbocycles. The number of pyridine rings is 2. The number of rotatable bonds is 3. The van der Waals surface area contributed by atoms with E-state index < -0.39 is 5.24 Å². The summed E-state index contributed by atoms with van der Waals surface area (Å²) < 4.78 is 0. The van der Waals surface area contributed by atoms with E-state index in [1.165, 1.54) is 0 Å². The first-order chi connectivity index (χ1) is 10.2. The minimum atomic E-state index is -0.479. The van der Waals surface area contributed by atoms with Gasteiger partial charge in [0.1, 0.15) is 0 Å². The van der Waals surface area contributed by atoms with Gasteiger partial charge in [-0.25, -0.2) is 4.98 Å². The lowest BCUT2D eigenvalue weighted by Gasteiger charge is -2.09. The molecule has 0 amide bonds. The molecule has 0 N–H and O–H groups in total. The van der Waals surface area contributed by atoms with Gasteiger partial charge in [-0.05, 0) is 41.8 Å². The Balaban J connectivity index is 2.36. The first kappa shape index (κ1) is 13.7. The Morgan fingerprint density at radius 3 is 2.67 bits per heavy atom. The summed E-state index contributed by atoms with van der Waals surface area (Å²) in [6.45, 7) is 2.06. The molecule has 0 saturated carbocycles. The number of aromatic nitrogens is 2. The second kappa shape index (κ2) is 5.62. The summed E-state index contributed by atoms with van der Waals surface area (Å²) in [5.41, 5.74) is 3.76. The van der Waals surface area contributed by atoms with Gasteiger partial charge in [-0.15, -0.1) is 0 Å². The molecule has 2 aromatic heterocycles. The van der Waals surface area contributed by atoms with E-state index in [9.17, 15) is 4.79 Å². The van der Waals surface area contributed by atoms with E-state index in [-0.39, 0.29) is 0 Å². The number of fused-ring (bicyclic) bond motifs is 1. The Kier molecular flexibility index (Phi) is 3.67. The number of carbonyl (C=O) groups excluding carboxylic acids is 1. The molecule has 3 aromatic rings. The lowest BCUT2D eigenvalue weighted by molar-refractivity contribution is 0.108. The molecular formula is C17H13ClN2O. The first-order valence-corrected chi connectivity index (χ1v) is 7.12. The lowest BCUT2D eigenvalue weighted by atomic mass is 10.0. The molecule has 2 heterocycles. The van der Waals surface area contributed by atoms with Crippen molar-refractivity contribution in [3.05, 3.63) is 59.8 Å². The van der Waals surface area contributed by atoms with Gasteiger partial charge in [-0.2, -0.15) is 0 Å². The molecule has 0 aliphatic rings. The highest BCUT2D eigenvalue weighted by Crippen LogP contribution is 2.27. The minimum Gasteiger partial charge on any atom is -0.276 e. The van der Waals surface area contributed by atoms with Crippen molar-refractivity contribution >= 4 is 27.7 Å². The maximum atomic E-state index is 11.8. The number of halogens is 1. The quantitative estimate of drug-likeness (QED) is 0.679. The van der Waals surface area contributed by atoms with Gasteiger partial charge in [0.15, 0.2) is 0 Å². The fraction of sp³-hybridized carbons (Fsp3) is 0.118. The summed E-state index contributed by atoms with van der Waals surface area (Å²) in [5, 5.41) is 0.307. The van der Waals surface area contributed by atoms with Gasteiger partial charge in [0.2, 0.25) is 0 Å². The van der Waals surface area contributed by atoms with Crippen LogP contribution in [0.3, 0.4) is 0 Å². The average Bonchev–Trinajstić information content (AvgIpc) is 2.53. The van der Waals surface area contributed by atoms with Crippen LogP contribution < -0.4 is 0 Å². The summed E-state index contributed by atoms with van der Waals surface area (Å²) in [6, 6.07) is 13.1. The van der Waals surface area contributed by atoms with Gasteiger partial charge in [-0.1, -0.05) is 31.2 Å². The third-order valence-corrected chi connectivity index (χ3v) is 3.65. The van der Waals surface area contributed by atoms with Crippen LogP contribution in [-0.2, 0) is 6.42 Å². The van der Waals surface area contributed by atoms with Crippen molar-refractivity contribution in [2.45, 2.75) is 13.3 Å². The maximum Gasteiger partial charge on any atom is 0.253 e. The highest BCUT2D eigenvalue weighted by molar-refractivity contribution is 6.68. The van der Waals surface area contributed by atoms with Crippen molar-refractivity contribution in [3.63, 3.8) is 0 Å². The molecule has 0 spiro atoms. The van der Waals surface area contributed by atoms with Crippen molar-refractivity contribution < 1.29 is 4.79 Å². The highest BCUT2D eigenvalue weighted by Gasteiger charge is 2.14. The summed E-state index contributed by atoms with van der Waals surface area (Å²) >= 11 is 5.75. The van der Waals surface area contributed by atoms with Crippen molar-refractivity contribution in [1.82, 2.24) is 9.97 Å². The van der Waals surface area contributed by atoms with Gasteiger partial charge < -0.3 is 0 Å². The number of hydrogen-bond acceptors (Lipinski definition) is 3. The average molecular weight is 297 g/mol. The smallest absolute Gasteiger partial charge is 0.253 e. The van der Waals surface area contributed by atoms with E-state index in [0.29, 0.717) is 11.3 Å². The van der Waals surface area contributed by atoms with Crippen molar-refractivity contribution in [1.29, 1.82) is 0 Å². The lowest BCUT2D eigenvalue weighted by Crippen LogP contribution is -1.98. The van der Waals surface area contributed by atoms with Crippen molar-refractivity contribution in [2.24, 2.45) is 0 Å². The third-order valence-electron chi connectivity index (χ3n) is 3.44. The van der Waals surface area contributed by atoms with Crippen LogP contribution in [0.4, 0.5) is 0 Å². The molecule has 0 fully saturated rings. The Morgan fingerprint density at radius 2 is 2.00 bits per heavy atom. The summed E-state index contributed by atoms with van der Waals surface area (Å²) in [7, 11) is 0. The Labute approximate surface area is 127 Å². The number of nitrogens with zero attached hydrogens (tertiary/aromatic N) is 2. The zero-order valence-electron chi connectivity index (χ0n) is 11.5. The highest BCUT2D eigenvalue weighted by atomic mass is 35.5. The Bertz CT molecular complexity index is 816. The van der Waals surface area contributed by atoms with Gasteiger partial charge in [0.25, 0.3) is 5.24 Å². The van der Waals surface area contributed by atoms with E-state index in [1.807, 2.05) is 36.4 Å². The number of carbonyl (C=O) groups is 1. The maximum absolute atomic E-state index is 11.8. The normalized spacial score (nSPS) is 10.8. The standard InChI is InChI=1S/C17H13ClN2O/c1-2-11-6-5-7-12-13(17(18)21)10-15(20-16(11)12)14-8-3-4-9-19-14/h3-10H,2H2,1H3. The fourth-order valence-corrected chi connectivity index (χ4v) is 2.56. The number of aryl methyl sites for hydroxylation is 1. The zero-order chi connectivity index (χ0) is 14.8. The van der Waals surface area contributed by atoms with E-state index in [2.05, 4.69) is 16.9 Å². The molecular weight excluding hydrogens is 284 g/mol. The minimum absolute atomic E-state index is 0.470. The molecule has 21 heavy (non-hydrogen) atoms. The van der Waals surface area contributed by atoms with Crippen molar-refractivity contribution in [2.75, 3.05) is 0 Å². The van der Waals surface area contributed by atoms with E-state index in [0.717, 1.165) is 28.6 Å². The van der Waals surface area contributed by atoms with Gasteiger partial charge in [-0.3, -0.25) is 9.78 Å². The van der Waals surface area contributed by atoms with Crippen LogP contribution in [0.5, 0.6) is 0 Å². The van der Waals surface area contributed by atoms with E-state index in [4.69, 9.17) is 11.6 Å². The number of benzene rings is 1. The van der Waals surface area contributed by atoms with Gasteiger partial charge in [0, 0.05) is 17.1 Å². The SMILES string of the molecule is CCc1cccc2c(C(=O)Cl)cc(-c3ccccn3)nc12. The molecule has 0 radical (unpaired) electrons. The topological polar surface area (TPSA) is 42.9 Å². The summed E-state index contributed by atoms with van der Waals surface area (Å²) in [6.07, 6.45) is 2.54. The Morgan fingerprint density at radius 1 is 1.14 bits per heavy atom. The van der Waals surface area contributed by atoms with Gasteiger partial charge >= 0.3 is 0 Å². The largest absolute Gasteiger partial charge is 0.276 e. The molecule has 0 saturated heterocycles. The number of hydrogen-bond donors (Lipinski definition) is 0. The van der Waals surface area contributed by atoms with Gasteiger partial charge in [0.05, 0.1) is 16.9 Å². The summed E-state index contributed by atoms with van der Waals surface area (Å²) in [4.78, 5) is 20.7. The molecule has 3 nitrogen and oxygen atoms in total. The first-order valence-electron chi connectivity index (χ1n) is 6.74. The number of para-hydroxylation sites is 1. The molecule has 4 heteroatoms. The Hall–Kier alpha value is -2.26. The molecule has 0 atom stereocenters. The van der Waals surface area contributed by atoms with Crippen LogP contribution in [0.1, 0.15) is 22.8 Å². The van der Waals surface area contributed by atoms with Crippen LogP contribution in [0, 0.1) is 0 Å². The monoisotopic (exact) mass is 296 g/mol. The fourth-order valence-electron chi connectivity index (χ4n) is 2.40. The molecule has 0 bridgehead atoms. The van der Waals surface area contributed by atoms with Crippen LogP contribution >= 0.6 is 11.6 Å². The van der Waals surface area contributed by atoms with Crippen LogP contribution in [0.25, 0.3) is 22.3 Å². The van der Waals surface area contributed by atoms with Crippen LogP contribution in [-0.4, -0.2) is 15.2 Å². The molecule has 0 aliphatic heterocycles. The molecule has 3 rings (SSSR count). The van der Waals surface area contributed by atoms with Crippen LogP contribution in [0.15, 0.2) is 48.7 Å². The predicted molar refractivity (Wildman–Crippen MR) is 84.5 cm³/mol. The second-order valence-electron chi connectivity index (χ2n) is 4.71. The molecule has 0 aliphatic carbocycles. The predicted octanol–water partition coefficient (Wildman–Crippen LogP) is 4.24. The summed E-state index contributed by atoms with van der Waals surface area (Å²) in [5.74, 6) is 0. The third kappa shape index (κ3) is 2.52.